The van der Waals surface area contributed by atoms with Crippen molar-refractivity contribution in [1.82, 2.24) is 9.88 Å². The van der Waals surface area contributed by atoms with Gasteiger partial charge >= 0.3 is 6.36 Å². The van der Waals surface area contributed by atoms with E-state index in [9.17, 15) is 18.0 Å². The number of hydrogen-bond donors (Lipinski definition) is 1. The maximum Gasteiger partial charge on any atom is 0.573 e. The lowest BCUT2D eigenvalue weighted by molar-refractivity contribution is -0.274. The molecule has 2 aromatic carbocycles. The summed E-state index contributed by atoms with van der Waals surface area (Å²) in [7, 11) is 0. The third-order valence-corrected chi connectivity index (χ3v) is 5.83. The topological polar surface area (TPSA) is 57.7 Å². The lowest BCUT2D eigenvalue weighted by Gasteiger charge is -2.35. The van der Waals surface area contributed by atoms with Crippen LogP contribution in [0.3, 0.4) is 0 Å². The van der Waals surface area contributed by atoms with Gasteiger partial charge in [0.15, 0.2) is 5.13 Å². The number of carbonyl (C=O) groups excluding carboxylic acids is 1. The molecule has 0 spiro atoms. The number of halogens is 4. The summed E-state index contributed by atoms with van der Waals surface area (Å²) in [6.45, 7) is 2.55. The van der Waals surface area contributed by atoms with Crippen LogP contribution in [0.4, 0.5) is 29.7 Å². The molecule has 1 amide bonds. The van der Waals surface area contributed by atoms with Gasteiger partial charge in [-0.1, -0.05) is 11.6 Å². The number of hydrogen-bond acceptors (Lipinski definition) is 6. The first-order valence-corrected chi connectivity index (χ1v) is 10.9. The van der Waals surface area contributed by atoms with Gasteiger partial charge < -0.3 is 19.9 Å². The molecule has 3 aromatic rings. The van der Waals surface area contributed by atoms with Crippen LogP contribution in [0.25, 0.3) is 0 Å². The van der Waals surface area contributed by atoms with Crippen LogP contribution in [-0.2, 0) is 0 Å². The minimum absolute atomic E-state index is 0.154. The zero-order valence-corrected chi connectivity index (χ0v) is 18.2. The number of alkyl halides is 3. The smallest absolute Gasteiger partial charge is 0.406 e. The summed E-state index contributed by atoms with van der Waals surface area (Å²) in [5, 5.41) is 5.80. The standard InChI is InChI=1S/C21H18ClF3N4O2S/c22-14-1-5-16(6-2-14)28-9-11-29(12-10-28)19(30)18-13-32-20(27-18)26-15-3-7-17(8-4-15)31-21(23,24)25/h1-8,13H,9-12H2,(H,26,27). The van der Waals surface area contributed by atoms with Crippen molar-refractivity contribution < 1.29 is 22.7 Å². The Bertz CT molecular complexity index is 1070. The first-order valence-electron chi connectivity index (χ1n) is 9.65. The Kier molecular flexibility index (Phi) is 6.43. The fraction of sp³-hybridized carbons (Fsp3) is 0.238. The van der Waals surface area contributed by atoms with Gasteiger partial charge in [-0.15, -0.1) is 24.5 Å². The van der Waals surface area contributed by atoms with Crippen LogP contribution in [0.1, 0.15) is 10.5 Å². The second-order valence-electron chi connectivity index (χ2n) is 6.99. The molecule has 1 aliphatic heterocycles. The molecule has 0 aliphatic carbocycles. The van der Waals surface area contributed by atoms with Gasteiger partial charge in [0.05, 0.1) is 0 Å². The number of benzene rings is 2. The number of amides is 1. The summed E-state index contributed by atoms with van der Waals surface area (Å²) in [5.41, 5.74) is 1.92. The Balaban J connectivity index is 1.32. The van der Waals surface area contributed by atoms with Crippen LogP contribution < -0.4 is 15.0 Å². The molecule has 0 radical (unpaired) electrons. The SMILES string of the molecule is O=C(c1csc(Nc2ccc(OC(F)(F)F)cc2)n1)N1CCN(c2ccc(Cl)cc2)CC1. The largest absolute Gasteiger partial charge is 0.573 e. The van der Waals surface area contributed by atoms with Crippen LogP contribution in [0, 0.1) is 0 Å². The van der Waals surface area contributed by atoms with Crippen molar-refractivity contribution in [2.75, 3.05) is 36.4 Å². The number of piperazine rings is 1. The highest BCUT2D eigenvalue weighted by Crippen LogP contribution is 2.27. The maximum absolute atomic E-state index is 12.8. The van der Waals surface area contributed by atoms with Crippen molar-refractivity contribution in [3.05, 3.63) is 64.6 Å². The number of rotatable bonds is 5. The van der Waals surface area contributed by atoms with Crippen molar-refractivity contribution in [3.63, 3.8) is 0 Å². The lowest BCUT2D eigenvalue weighted by Crippen LogP contribution is -2.48. The second kappa shape index (κ2) is 9.25. The van der Waals surface area contributed by atoms with Crippen molar-refractivity contribution in [2.24, 2.45) is 0 Å². The Morgan fingerprint density at radius 3 is 2.31 bits per heavy atom. The van der Waals surface area contributed by atoms with E-state index in [1.54, 1.807) is 10.3 Å². The van der Waals surface area contributed by atoms with E-state index in [1.807, 2.05) is 24.3 Å². The predicted molar refractivity (Wildman–Crippen MR) is 118 cm³/mol. The van der Waals surface area contributed by atoms with E-state index in [0.29, 0.717) is 47.7 Å². The van der Waals surface area contributed by atoms with E-state index in [0.717, 1.165) is 5.69 Å². The van der Waals surface area contributed by atoms with Crippen molar-refractivity contribution in [2.45, 2.75) is 6.36 Å². The summed E-state index contributed by atoms with van der Waals surface area (Å²) >= 11 is 7.18. The summed E-state index contributed by atoms with van der Waals surface area (Å²) < 4.78 is 40.6. The van der Waals surface area contributed by atoms with E-state index in [2.05, 4.69) is 19.9 Å². The minimum Gasteiger partial charge on any atom is -0.406 e. The lowest BCUT2D eigenvalue weighted by atomic mass is 10.2. The minimum atomic E-state index is -4.74. The summed E-state index contributed by atoms with van der Waals surface area (Å²) in [5.74, 6) is -0.463. The zero-order chi connectivity index (χ0) is 22.7. The first-order chi connectivity index (χ1) is 15.3. The third kappa shape index (κ3) is 5.63. The number of nitrogens with zero attached hydrogens (tertiary/aromatic N) is 3. The first kappa shape index (κ1) is 22.2. The fourth-order valence-electron chi connectivity index (χ4n) is 3.27. The molecule has 168 valence electrons. The molecule has 1 aliphatic rings. The molecule has 0 atom stereocenters. The number of aromatic nitrogens is 1. The number of carbonyl (C=O) groups is 1. The van der Waals surface area contributed by atoms with E-state index >= 15 is 0 Å². The summed E-state index contributed by atoms with van der Waals surface area (Å²) in [6, 6.07) is 12.9. The van der Waals surface area contributed by atoms with Gasteiger partial charge in [0.25, 0.3) is 5.91 Å². The molecule has 1 fully saturated rings. The van der Waals surface area contributed by atoms with Gasteiger partial charge in [-0.2, -0.15) is 0 Å². The second-order valence-corrected chi connectivity index (χ2v) is 8.29. The van der Waals surface area contributed by atoms with Crippen LogP contribution in [0.15, 0.2) is 53.9 Å². The van der Waals surface area contributed by atoms with Gasteiger partial charge in [-0.05, 0) is 48.5 Å². The number of anilines is 3. The van der Waals surface area contributed by atoms with Gasteiger partial charge in [0.1, 0.15) is 11.4 Å². The van der Waals surface area contributed by atoms with Gasteiger partial charge in [-0.3, -0.25) is 4.79 Å². The highest BCUT2D eigenvalue weighted by molar-refractivity contribution is 7.14. The van der Waals surface area contributed by atoms with Crippen LogP contribution in [0.5, 0.6) is 5.75 Å². The summed E-state index contributed by atoms with van der Waals surface area (Å²) in [6.07, 6.45) is -4.74. The van der Waals surface area contributed by atoms with Gasteiger partial charge in [0.2, 0.25) is 0 Å². The molecule has 0 saturated carbocycles. The van der Waals surface area contributed by atoms with E-state index in [4.69, 9.17) is 11.6 Å². The van der Waals surface area contributed by atoms with Crippen molar-refractivity contribution >= 4 is 45.4 Å². The Labute approximate surface area is 191 Å². The van der Waals surface area contributed by atoms with Crippen molar-refractivity contribution in [3.8, 4) is 5.75 Å². The Morgan fingerprint density at radius 1 is 1.03 bits per heavy atom. The Hall–Kier alpha value is -2.98. The average Bonchev–Trinajstić information content (AvgIpc) is 3.23. The molecule has 0 unspecified atom stereocenters. The molecule has 1 N–H and O–H groups in total. The molecule has 0 bridgehead atoms. The number of nitrogens with one attached hydrogen (secondary N) is 1. The van der Waals surface area contributed by atoms with E-state index in [-0.39, 0.29) is 11.7 Å². The monoisotopic (exact) mass is 482 g/mol. The highest BCUT2D eigenvalue weighted by Gasteiger charge is 2.31. The van der Waals surface area contributed by atoms with Gasteiger partial charge in [0, 0.05) is 48.0 Å². The average molecular weight is 483 g/mol. The number of ether oxygens (including phenoxy) is 1. The molecule has 6 nitrogen and oxygen atoms in total. The fourth-order valence-corrected chi connectivity index (χ4v) is 4.11. The molecule has 1 aromatic heterocycles. The molecule has 32 heavy (non-hydrogen) atoms. The number of thiazole rings is 1. The van der Waals surface area contributed by atoms with Crippen molar-refractivity contribution in [1.29, 1.82) is 0 Å². The molecule has 11 heteroatoms. The van der Waals surface area contributed by atoms with Crippen LogP contribution in [0.2, 0.25) is 5.02 Å². The summed E-state index contributed by atoms with van der Waals surface area (Å²) in [4.78, 5) is 21.1. The Morgan fingerprint density at radius 2 is 1.69 bits per heavy atom. The normalized spacial score (nSPS) is 14.4. The predicted octanol–water partition coefficient (Wildman–Crippen LogP) is 5.40. The maximum atomic E-state index is 12.8. The highest BCUT2D eigenvalue weighted by atomic mass is 35.5. The molecular weight excluding hydrogens is 465 g/mol. The molecule has 4 rings (SSSR count). The molecular formula is C21H18ClF3N4O2S. The van der Waals surface area contributed by atoms with Crippen LogP contribution in [-0.4, -0.2) is 48.3 Å². The molecule has 1 saturated heterocycles. The van der Waals surface area contributed by atoms with Crippen LogP contribution >= 0.6 is 22.9 Å². The quantitative estimate of drug-likeness (QED) is 0.527. The van der Waals surface area contributed by atoms with E-state index in [1.165, 1.54) is 35.6 Å². The molecule has 2 heterocycles. The van der Waals surface area contributed by atoms with E-state index < -0.39 is 6.36 Å². The van der Waals surface area contributed by atoms with Gasteiger partial charge in [-0.25, -0.2) is 4.98 Å². The zero-order valence-electron chi connectivity index (χ0n) is 16.6. The third-order valence-electron chi connectivity index (χ3n) is 4.82.